The molecule has 1 aliphatic heterocycles. The summed E-state index contributed by atoms with van der Waals surface area (Å²) in [4.78, 5) is 27.3. The van der Waals surface area contributed by atoms with Crippen molar-refractivity contribution in [3.8, 4) is 0 Å². The van der Waals surface area contributed by atoms with Crippen molar-refractivity contribution in [2.24, 2.45) is 5.92 Å². The van der Waals surface area contributed by atoms with Gasteiger partial charge in [0.2, 0.25) is 5.91 Å². The van der Waals surface area contributed by atoms with Crippen LogP contribution in [0.5, 0.6) is 0 Å². The van der Waals surface area contributed by atoms with Crippen LogP contribution in [0.3, 0.4) is 0 Å². The quantitative estimate of drug-likeness (QED) is 0.724. The number of aromatic nitrogens is 2. The van der Waals surface area contributed by atoms with Gasteiger partial charge in [0.05, 0.1) is 11.9 Å². The number of thiophene rings is 2. The summed E-state index contributed by atoms with van der Waals surface area (Å²) in [6.07, 6.45) is 4.42. The van der Waals surface area contributed by atoms with E-state index in [1.807, 2.05) is 11.4 Å². The third kappa shape index (κ3) is 3.59. The summed E-state index contributed by atoms with van der Waals surface area (Å²) in [5.74, 6) is 1.29. The first-order valence-corrected chi connectivity index (χ1v) is 10.7. The summed E-state index contributed by atoms with van der Waals surface area (Å²) in [6.45, 7) is 4.52. The van der Waals surface area contributed by atoms with Crippen LogP contribution in [0, 0.1) is 5.92 Å². The minimum Gasteiger partial charge on any atom is -0.356 e. The molecule has 0 aromatic carbocycles. The molecule has 4 heterocycles. The van der Waals surface area contributed by atoms with Crippen molar-refractivity contribution < 1.29 is 4.79 Å². The summed E-state index contributed by atoms with van der Waals surface area (Å²) >= 11 is 3.42. The summed E-state index contributed by atoms with van der Waals surface area (Å²) in [6, 6.07) is 6.29. The zero-order chi connectivity index (χ0) is 17.9. The zero-order valence-corrected chi connectivity index (χ0v) is 16.4. The van der Waals surface area contributed by atoms with Crippen LogP contribution in [-0.4, -0.2) is 29.0 Å². The largest absolute Gasteiger partial charge is 0.356 e. The standard InChI is InChI=1S/C19H22N4OS2/c1-2-14-10-16-17(21-12-22-19(16)26-14)23-7-5-13(6-8-23)18(24)20-11-15-4-3-9-25-15/h3-4,9-10,12-13H,2,5-8,11H2,1H3,(H,20,24). The molecule has 26 heavy (non-hydrogen) atoms. The van der Waals surface area contributed by atoms with Crippen LogP contribution in [0.2, 0.25) is 0 Å². The number of carbonyl (C=O) groups is 1. The van der Waals surface area contributed by atoms with Crippen LogP contribution in [-0.2, 0) is 17.8 Å². The summed E-state index contributed by atoms with van der Waals surface area (Å²) < 4.78 is 0. The average Bonchev–Trinajstić information content (AvgIpc) is 3.35. The lowest BCUT2D eigenvalue weighted by atomic mass is 9.95. The van der Waals surface area contributed by atoms with E-state index in [0.717, 1.165) is 48.4 Å². The van der Waals surface area contributed by atoms with E-state index in [0.29, 0.717) is 6.54 Å². The Morgan fingerprint density at radius 2 is 2.15 bits per heavy atom. The molecule has 0 radical (unpaired) electrons. The maximum atomic E-state index is 12.4. The van der Waals surface area contributed by atoms with Crippen molar-refractivity contribution in [3.63, 3.8) is 0 Å². The van der Waals surface area contributed by atoms with Crippen molar-refractivity contribution in [1.29, 1.82) is 0 Å². The number of nitrogens with zero attached hydrogens (tertiary/aromatic N) is 3. The molecular weight excluding hydrogens is 364 g/mol. The lowest BCUT2D eigenvalue weighted by Gasteiger charge is -2.32. The number of aryl methyl sites for hydroxylation is 1. The molecule has 1 saturated heterocycles. The molecule has 0 aliphatic carbocycles. The van der Waals surface area contributed by atoms with Crippen molar-refractivity contribution in [2.75, 3.05) is 18.0 Å². The molecule has 7 heteroatoms. The number of fused-ring (bicyclic) bond motifs is 1. The maximum absolute atomic E-state index is 12.4. The SMILES string of the molecule is CCc1cc2c(N3CCC(C(=O)NCc4cccs4)CC3)ncnc2s1. The van der Waals surface area contributed by atoms with E-state index in [2.05, 4.69) is 39.2 Å². The molecule has 0 bridgehead atoms. The number of hydrogen-bond donors (Lipinski definition) is 1. The molecule has 1 amide bonds. The van der Waals surface area contributed by atoms with Crippen LogP contribution >= 0.6 is 22.7 Å². The second kappa shape index (κ2) is 7.72. The predicted octanol–water partition coefficient (Wildman–Crippen LogP) is 3.85. The first-order valence-electron chi connectivity index (χ1n) is 9.03. The van der Waals surface area contributed by atoms with Crippen LogP contribution in [0.1, 0.15) is 29.5 Å². The van der Waals surface area contributed by atoms with Gasteiger partial charge in [-0.1, -0.05) is 13.0 Å². The monoisotopic (exact) mass is 386 g/mol. The van der Waals surface area contributed by atoms with E-state index < -0.39 is 0 Å². The molecular formula is C19H22N4OS2. The Labute approximate surface area is 161 Å². The Balaban J connectivity index is 1.39. The fraction of sp³-hybridized carbons (Fsp3) is 0.421. The van der Waals surface area contributed by atoms with Crippen molar-refractivity contribution >= 4 is 44.6 Å². The van der Waals surface area contributed by atoms with Gasteiger partial charge in [0, 0.05) is 28.8 Å². The highest BCUT2D eigenvalue weighted by Crippen LogP contribution is 2.32. The normalized spacial score (nSPS) is 15.5. The third-order valence-corrected chi connectivity index (χ3v) is 6.95. The molecule has 0 saturated carbocycles. The minimum atomic E-state index is 0.0946. The van der Waals surface area contributed by atoms with Gasteiger partial charge < -0.3 is 10.2 Å². The highest BCUT2D eigenvalue weighted by molar-refractivity contribution is 7.18. The first kappa shape index (κ1) is 17.4. The summed E-state index contributed by atoms with van der Waals surface area (Å²) in [5, 5.41) is 6.27. The van der Waals surface area contributed by atoms with Gasteiger partial charge in [-0.15, -0.1) is 22.7 Å². The van der Waals surface area contributed by atoms with Gasteiger partial charge >= 0.3 is 0 Å². The zero-order valence-electron chi connectivity index (χ0n) is 14.8. The molecule has 0 spiro atoms. The fourth-order valence-corrected chi connectivity index (χ4v) is 4.98. The second-order valence-corrected chi connectivity index (χ2v) is 8.69. The molecule has 1 N–H and O–H groups in total. The van der Waals surface area contributed by atoms with Crippen molar-refractivity contribution in [3.05, 3.63) is 39.7 Å². The Kier molecular flexibility index (Phi) is 5.17. The topological polar surface area (TPSA) is 58.1 Å². The van der Waals surface area contributed by atoms with Gasteiger partial charge in [-0.25, -0.2) is 9.97 Å². The predicted molar refractivity (Wildman–Crippen MR) is 108 cm³/mol. The smallest absolute Gasteiger partial charge is 0.223 e. The lowest BCUT2D eigenvalue weighted by Crippen LogP contribution is -2.40. The van der Waals surface area contributed by atoms with Crippen LogP contribution < -0.4 is 10.2 Å². The average molecular weight is 387 g/mol. The molecule has 5 nitrogen and oxygen atoms in total. The Morgan fingerprint density at radius 1 is 1.31 bits per heavy atom. The number of anilines is 1. The van der Waals surface area contributed by atoms with Gasteiger partial charge in [0.25, 0.3) is 0 Å². The Hall–Kier alpha value is -1.99. The van der Waals surface area contributed by atoms with Gasteiger partial charge in [0.15, 0.2) is 0 Å². The molecule has 1 aliphatic rings. The Morgan fingerprint density at radius 3 is 2.88 bits per heavy atom. The van der Waals surface area contributed by atoms with E-state index in [-0.39, 0.29) is 11.8 Å². The van der Waals surface area contributed by atoms with Gasteiger partial charge in [-0.3, -0.25) is 4.79 Å². The molecule has 0 atom stereocenters. The molecule has 4 rings (SSSR count). The van der Waals surface area contributed by atoms with E-state index in [1.54, 1.807) is 29.0 Å². The van der Waals surface area contributed by atoms with E-state index in [1.165, 1.54) is 9.75 Å². The second-order valence-electron chi connectivity index (χ2n) is 6.54. The molecule has 3 aromatic heterocycles. The molecule has 1 fully saturated rings. The maximum Gasteiger partial charge on any atom is 0.223 e. The van der Waals surface area contributed by atoms with E-state index >= 15 is 0 Å². The number of hydrogen-bond acceptors (Lipinski definition) is 6. The number of amides is 1. The van der Waals surface area contributed by atoms with Crippen molar-refractivity contribution in [2.45, 2.75) is 32.7 Å². The van der Waals surface area contributed by atoms with E-state index in [9.17, 15) is 4.79 Å². The first-order chi connectivity index (χ1) is 12.7. The molecule has 0 unspecified atom stereocenters. The Bertz CT molecular complexity index is 882. The summed E-state index contributed by atoms with van der Waals surface area (Å²) in [7, 11) is 0. The van der Waals surface area contributed by atoms with E-state index in [4.69, 9.17) is 0 Å². The van der Waals surface area contributed by atoms with Crippen molar-refractivity contribution in [1.82, 2.24) is 15.3 Å². The van der Waals surface area contributed by atoms with Crippen LogP contribution in [0.25, 0.3) is 10.2 Å². The number of piperidine rings is 1. The number of nitrogens with one attached hydrogen (secondary N) is 1. The minimum absolute atomic E-state index is 0.0946. The number of rotatable bonds is 5. The highest BCUT2D eigenvalue weighted by atomic mass is 32.1. The number of carbonyl (C=O) groups excluding carboxylic acids is 1. The van der Waals surface area contributed by atoms with Crippen LogP contribution in [0.15, 0.2) is 29.9 Å². The molecule has 3 aromatic rings. The van der Waals surface area contributed by atoms with Crippen LogP contribution in [0.4, 0.5) is 5.82 Å². The van der Waals surface area contributed by atoms with Gasteiger partial charge in [0.1, 0.15) is 17.0 Å². The van der Waals surface area contributed by atoms with Gasteiger partial charge in [-0.2, -0.15) is 0 Å². The third-order valence-electron chi connectivity index (χ3n) is 4.89. The highest BCUT2D eigenvalue weighted by Gasteiger charge is 2.26. The molecule has 136 valence electrons. The van der Waals surface area contributed by atoms with Gasteiger partial charge in [-0.05, 0) is 36.8 Å². The summed E-state index contributed by atoms with van der Waals surface area (Å²) in [5.41, 5.74) is 0. The fourth-order valence-electron chi connectivity index (χ4n) is 3.40. The lowest BCUT2D eigenvalue weighted by molar-refractivity contribution is -0.125.